The third-order valence-electron chi connectivity index (χ3n) is 11.5. The molecule has 11 rings (SSSR count). The third-order valence-corrected chi connectivity index (χ3v) is 11.5. The number of fused-ring (bicyclic) bond motifs is 7. The first-order valence-corrected chi connectivity index (χ1v) is 20.4. The summed E-state index contributed by atoms with van der Waals surface area (Å²) < 4.78 is 0. The van der Waals surface area contributed by atoms with Crippen molar-refractivity contribution >= 4 is 61.1 Å². The molecule has 2 N–H and O–H groups in total. The van der Waals surface area contributed by atoms with Crippen molar-refractivity contribution < 1.29 is 0 Å². The number of benzene rings is 9. The molecule has 0 unspecified atom stereocenters. The maximum atomic E-state index is 9.86. The van der Waals surface area contributed by atoms with Crippen LogP contribution in [0.15, 0.2) is 206 Å². The van der Waals surface area contributed by atoms with Crippen molar-refractivity contribution in [3.05, 3.63) is 234 Å². The number of aromatic nitrogens is 3. The number of allylic oxidation sites excluding steroid dienone is 1. The van der Waals surface area contributed by atoms with Gasteiger partial charge in [-0.05, 0) is 67.2 Å². The van der Waals surface area contributed by atoms with E-state index in [0.717, 1.165) is 66.9 Å². The van der Waals surface area contributed by atoms with Crippen LogP contribution in [-0.4, -0.2) is 20.7 Å². The van der Waals surface area contributed by atoms with Gasteiger partial charge in [-0.15, -0.1) is 0 Å². The molecule has 0 fully saturated rings. The number of hydrogen-bond acceptors (Lipinski definition) is 5. The zero-order valence-electron chi connectivity index (χ0n) is 33.0. The fourth-order valence-electron chi connectivity index (χ4n) is 8.59. The summed E-state index contributed by atoms with van der Waals surface area (Å²) in [6.07, 6.45) is 2.18. The van der Waals surface area contributed by atoms with Crippen molar-refractivity contribution in [1.82, 2.24) is 20.3 Å². The van der Waals surface area contributed by atoms with Crippen LogP contribution in [0.2, 0.25) is 0 Å². The summed E-state index contributed by atoms with van der Waals surface area (Å²) in [4.78, 5) is 15.5. The van der Waals surface area contributed by atoms with E-state index in [4.69, 9.17) is 15.0 Å². The van der Waals surface area contributed by atoms with E-state index in [1.54, 1.807) is 0 Å². The van der Waals surface area contributed by atoms with Gasteiger partial charge in [0.1, 0.15) is 0 Å². The predicted octanol–water partition coefficient (Wildman–Crippen LogP) is 13.4. The van der Waals surface area contributed by atoms with Gasteiger partial charge in [-0.3, -0.25) is 5.41 Å². The van der Waals surface area contributed by atoms with Gasteiger partial charge in [-0.25, -0.2) is 15.0 Å². The Morgan fingerprint density at radius 2 is 0.852 bits per heavy atom. The molecule has 1 aliphatic heterocycles. The van der Waals surface area contributed by atoms with Crippen LogP contribution >= 0.6 is 0 Å². The van der Waals surface area contributed by atoms with E-state index < -0.39 is 0 Å². The van der Waals surface area contributed by atoms with E-state index in [-0.39, 0.29) is 0 Å². The second-order valence-electron chi connectivity index (χ2n) is 15.2. The molecule has 0 saturated heterocycles. The van der Waals surface area contributed by atoms with Crippen LogP contribution < -0.4 is 5.32 Å². The maximum Gasteiger partial charge on any atom is 0.164 e. The van der Waals surface area contributed by atoms with Crippen LogP contribution in [0.25, 0.3) is 89.5 Å². The second kappa shape index (κ2) is 15.1. The average Bonchev–Trinajstić information content (AvgIpc) is 3.34. The first-order valence-electron chi connectivity index (χ1n) is 20.4. The Bertz CT molecular complexity index is 3350. The summed E-state index contributed by atoms with van der Waals surface area (Å²) in [5, 5.41) is 20.8. The molecule has 1 aliphatic rings. The molecule has 0 spiro atoms. The standard InChI is InChI=1S/C56H37N5/c57-52(37-19-6-2-7-20-37)51(53-43-26-11-10-23-39(43)35-50(58-53)36-17-4-1-5-18-36)40-24-16-25-41(33-40)55-59-54(38-21-8-3-9-22-38)60-56(61-55)42-31-32-48-46-29-13-12-27-44(46)45-28-14-15-30-47(45)49(48)34-42/h1-35,57-58H/b53-51-,57-52?. The molecule has 5 heteroatoms. The van der Waals surface area contributed by atoms with Gasteiger partial charge in [0.2, 0.25) is 0 Å². The molecular formula is C56H37N5. The van der Waals surface area contributed by atoms with E-state index >= 15 is 0 Å². The fraction of sp³-hybridized carbons (Fsp3) is 0. The quantitative estimate of drug-likeness (QED) is 0.125. The van der Waals surface area contributed by atoms with Gasteiger partial charge in [0.15, 0.2) is 17.5 Å². The molecule has 0 atom stereocenters. The third kappa shape index (κ3) is 6.55. The Morgan fingerprint density at radius 3 is 1.51 bits per heavy atom. The largest absolute Gasteiger partial charge is 0.354 e. The zero-order valence-corrected chi connectivity index (χ0v) is 33.0. The molecule has 0 aliphatic carbocycles. The van der Waals surface area contributed by atoms with E-state index in [9.17, 15) is 5.41 Å². The molecule has 61 heavy (non-hydrogen) atoms. The number of rotatable bonds is 7. The van der Waals surface area contributed by atoms with Gasteiger partial charge >= 0.3 is 0 Å². The smallest absolute Gasteiger partial charge is 0.164 e. The molecule has 5 nitrogen and oxygen atoms in total. The minimum Gasteiger partial charge on any atom is -0.354 e. The van der Waals surface area contributed by atoms with Gasteiger partial charge in [0, 0.05) is 39.1 Å². The Hall–Kier alpha value is -8.28. The van der Waals surface area contributed by atoms with Crippen LogP contribution in [0, 0.1) is 5.41 Å². The highest BCUT2D eigenvalue weighted by Gasteiger charge is 2.24. The summed E-state index contributed by atoms with van der Waals surface area (Å²) >= 11 is 0. The lowest BCUT2D eigenvalue weighted by Crippen LogP contribution is -2.20. The van der Waals surface area contributed by atoms with Crippen molar-refractivity contribution in [2.75, 3.05) is 0 Å². The minimum absolute atomic E-state index is 0.404. The van der Waals surface area contributed by atoms with Crippen molar-refractivity contribution in [2.45, 2.75) is 0 Å². The average molecular weight is 780 g/mol. The van der Waals surface area contributed by atoms with E-state index in [0.29, 0.717) is 23.2 Å². The Balaban J connectivity index is 1.11. The van der Waals surface area contributed by atoms with E-state index in [1.807, 2.05) is 91.0 Å². The van der Waals surface area contributed by atoms with Crippen LogP contribution in [0.3, 0.4) is 0 Å². The summed E-state index contributed by atoms with van der Waals surface area (Å²) in [6, 6.07) is 70.8. The van der Waals surface area contributed by atoms with Crippen LogP contribution in [0.1, 0.15) is 27.8 Å². The molecule has 9 aromatic carbocycles. The lowest BCUT2D eigenvalue weighted by Gasteiger charge is -2.26. The Labute approximate surface area is 353 Å². The molecule has 0 bridgehead atoms. The Morgan fingerprint density at radius 1 is 0.377 bits per heavy atom. The van der Waals surface area contributed by atoms with Gasteiger partial charge in [0.05, 0.1) is 11.4 Å². The first-order chi connectivity index (χ1) is 30.2. The molecule has 0 radical (unpaired) electrons. The van der Waals surface area contributed by atoms with Crippen LogP contribution in [0.4, 0.5) is 0 Å². The molecule has 286 valence electrons. The van der Waals surface area contributed by atoms with Gasteiger partial charge in [-0.1, -0.05) is 194 Å². The summed E-state index contributed by atoms with van der Waals surface area (Å²) in [7, 11) is 0. The molecule has 0 amide bonds. The van der Waals surface area contributed by atoms with Gasteiger partial charge in [-0.2, -0.15) is 0 Å². The summed E-state index contributed by atoms with van der Waals surface area (Å²) in [5.74, 6) is 1.72. The lowest BCUT2D eigenvalue weighted by atomic mass is 9.87. The van der Waals surface area contributed by atoms with Crippen molar-refractivity contribution in [1.29, 1.82) is 5.41 Å². The molecule has 1 aromatic heterocycles. The second-order valence-corrected chi connectivity index (χ2v) is 15.2. The van der Waals surface area contributed by atoms with Crippen LogP contribution in [-0.2, 0) is 0 Å². The number of nitrogens with zero attached hydrogens (tertiary/aromatic N) is 3. The Kier molecular flexibility index (Phi) is 8.90. The topological polar surface area (TPSA) is 74.6 Å². The molecule has 2 heterocycles. The van der Waals surface area contributed by atoms with Gasteiger partial charge < -0.3 is 5.32 Å². The van der Waals surface area contributed by atoms with Gasteiger partial charge in [0.25, 0.3) is 0 Å². The highest BCUT2D eigenvalue weighted by atomic mass is 15.0. The normalized spacial score (nSPS) is 13.1. The maximum absolute atomic E-state index is 9.86. The number of hydrogen-bond donors (Lipinski definition) is 2. The van der Waals surface area contributed by atoms with Crippen molar-refractivity contribution in [3.63, 3.8) is 0 Å². The van der Waals surface area contributed by atoms with Crippen molar-refractivity contribution in [2.24, 2.45) is 0 Å². The molecule has 0 saturated carbocycles. The van der Waals surface area contributed by atoms with Crippen molar-refractivity contribution in [3.8, 4) is 34.2 Å². The highest BCUT2D eigenvalue weighted by molar-refractivity contribution is 6.36. The summed E-state index contributed by atoms with van der Waals surface area (Å²) in [6.45, 7) is 0. The van der Waals surface area contributed by atoms with Crippen LogP contribution in [0.5, 0.6) is 0 Å². The minimum atomic E-state index is 0.404. The molecular weight excluding hydrogens is 743 g/mol. The SMILES string of the molecule is N=C(/C(=C1\NC(c2ccccc2)=Cc2ccccc21)c1cccc(-c2nc(-c3ccccc3)nc(-c3ccc4c5ccccc5c5ccccc5c4c3)n2)c1)c1ccccc1. The summed E-state index contributed by atoms with van der Waals surface area (Å²) in [5.41, 5.74) is 10.5. The van der Waals surface area contributed by atoms with E-state index in [1.165, 1.54) is 26.9 Å². The first kappa shape index (κ1) is 35.8. The van der Waals surface area contributed by atoms with E-state index in [2.05, 4.69) is 127 Å². The monoisotopic (exact) mass is 779 g/mol. The fourth-order valence-corrected chi connectivity index (χ4v) is 8.59. The highest BCUT2D eigenvalue weighted by Crippen LogP contribution is 2.39. The lowest BCUT2D eigenvalue weighted by molar-refractivity contribution is 1.07. The molecule has 10 aromatic rings. The number of nitrogens with one attached hydrogen (secondary N) is 2. The predicted molar refractivity (Wildman–Crippen MR) is 253 cm³/mol. The zero-order chi connectivity index (χ0) is 40.7.